The standard InChI is InChI=1S/C24H22Cl2N4O2S/c1-2-3-23(28-21-12-14-22(15-13-21)30(31)32)29-27-16-33-24(17-4-8-19(25)9-5-17)18-6-10-20(26)11-7-18/h4-16,24H,2-3H2,1H3,(H,28,29)/b27-16+. The van der Waals surface area contributed by atoms with Crippen molar-refractivity contribution in [3.63, 3.8) is 0 Å². The summed E-state index contributed by atoms with van der Waals surface area (Å²) in [7, 11) is 0. The van der Waals surface area contributed by atoms with Crippen LogP contribution in [0.4, 0.5) is 11.4 Å². The number of nitro groups is 1. The Kier molecular flexibility index (Phi) is 9.30. The van der Waals surface area contributed by atoms with Gasteiger partial charge < -0.3 is 0 Å². The second-order valence-corrected chi connectivity index (χ2v) is 8.87. The quantitative estimate of drug-likeness (QED) is 0.140. The molecule has 0 spiro atoms. The maximum Gasteiger partial charge on any atom is 0.269 e. The highest BCUT2D eigenvalue weighted by molar-refractivity contribution is 8.12. The van der Waals surface area contributed by atoms with Gasteiger partial charge in [-0.15, -0.1) is 0 Å². The summed E-state index contributed by atoms with van der Waals surface area (Å²) in [5, 5.41) is 16.6. The zero-order chi connectivity index (χ0) is 23.6. The van der Waals surface area contributed by atoms with E-state index in [1.54, 1.807) is 29.4 Å². The molecule has 6 nitrogen and oxygen atoms in total. The van der Waals surface area contributed by atoms with Gasteiger partial charge in [-0.25, -0.2) is 4.99 Å². The van der Waals surface area contributed by atoms with E-state index >= 15 is 0 Å². The number of non-ortho nitro benzene ring substituents is 1. The Morgan fingerprint density at radius 3 is 2.03 bits per heavy atom. The van der Waals surface area contributed by atoms with Crippen molar-refractivity contribution in [2.24, 2.45) is 10.1 Å². The summed E-state index contributed by atoms with van der Waals surface area (Å²) in [6.45, 7) is 2.04. The highest BCUT2D eigenvalue weighted by Crippen LogP contribution is 2.35. The third-order valence-electron chi connectivity index (χ3n) is 4.60. The van der Waals surface area contributed by atoms with Gasteiger partial charge in [-0.3, -0.25) is 15.5 Å². The molecule has 0 radical (unpaired) electrons. The van der Waals surface area contributed by atoms with Gasteiger partial charge in [0, 0.05) is 28.6 Å². The second-order valence-electron chi connectivity index (χ2n) is 7.05. The summed E-state index contributed by atoms with van der Waals surface area (Å²) in [5.74, 6) is 0.678. The first-order valence-electron chi connectivity index (χ1n) is 10.2. The van der Waals surface area contributed by atoms with E-state index in [0.717, 1.165) is 17.5 Å². The van der Waals surface area contributed by atoms with Crippen LogP contribution < -0.4 is 5.43 Å². The lowest BCUT2D eigenvalue weighted by molar-refractivity contribution is -0.384. The lowest BCUT2D eigenvalue weighted by atomic mass is 10.0. The van der Waals surface area contributed by atoms with Crippen molar-refractivity contribution in [1.82, 2.24) is 5.43 Å². The van der Waals surface area contributed by atoms with E-state index in [0.29, 0.717) is 28.0 Å². The zero-order valence-electron chi connectivity index (χ0n) is 17.8. The van der Waals surface area contributed by atoms with Crippen molar-refractivity contribution in [3.8, 4) is 0 Å². The summed E-state index contributed by atoms with van der Waals surface area (Å²) < 4.78 is 0. The van der Waals surface area contributed by atoms with Crippen molar-refractivity contribution >= 4 is 57.7 Å². The SMILES string of the molecule is CCCC(=Nc1ccc([N+](=O)[O-])cc1)N/N=C/SC(c1ccc(Cl)cc1)c1ccc(Cl)cc1. The van der Waals surface area contributed by atoms with Crippen LogP contribution in [0.2, 0.25) is 10.0 Å². The van der Waals surface area contributed by atoms with E-state index in [1.807, 2.05) is 55.5 Å². The third kappa shape index (κ3) is 7.60. The monoisotopic (exact) mass is 500 g/mol. The summed E-state index contributed by atoms with van der Waals surface area (Å²) in [5.41, 5.74) is 7.59. The molecule has 0 fully saturated rings. The molecule has 0 saturated carbocycles. The first-order chi connectivity index (χ1) is 16.0. The maximum atomic E-state index is 10.8. The summed E-state index contributed by atoms with van der Waals surface area (Å²) in [4.78, 5) is 14.9. The molecule has 0 saturated heterocycles. The van der Waals surface area contributed by atoms with Crippen LogP contribution in [0.3, 0.4) is 0 Å². The molecule has 3 rings (SSSR count). The molecule has 0 unspecified atom stereocenters. The molecule has 0 bridgehead atoms. The number of hydrogen-bond donors (Lipinski definition) is 1. The van der Waals surface area contributed by atoms with Crippen LogP contribution in [-0.4, -0.2) is 16.3 Å². The van der Waals surface area contributed by atoms with Gasteiger partial charge in [-0.05, 0) is 53.9 Å². The molecule has 0 aliphatic carbocycles. The van der Waals surface area contributed by atoms with Crippen LogP contribution in [0.15, 0.2) is 82.9 Å². The topological polar surface area (TPSA) is 79.9 Å². The summed E-state index contributed by atoms with van der Waals surface area (Å²) in [6, 6.07) is 21.5. The van der Waals surface area contributed by atoms with E-state index in [2.05, 4.69) is 15.5 Å². The predicted molar refractivity (Wildman–Crippen MR) is 139 cm³/mol. The summed E-state index contributed by atoms with van der Waals surface area (Å²) >= 11 is 13.7. The number of amidine groups is 1. The predicted octanol–water partition coefficient (Wildman–Crippen LogP) is 7.79. The summed E-state index contributed by atoms with van der Waals surface area (Å²) in [6.07, 6.45) is 1.57. The minimum atomic E-state index is -0.433. The smallest absolute Gasteiger partial charge is 0.264 e. The molecule has 0 atom stereocenters. The number of aliphatic imine (C=N–C) groups is 1. The molecule has 170 valence electrons. The third-order valence-corrected chi connectivity index (χ3v) is 6.15. The molecular formula is C24H22Cl2N4O2S. The number of halogens is 2. The van der Waals surface area contributed by atoms with Crippen LogP contribution in [0.5, 0.6) is 0 Å². The molecule has 9 heteroatoms. The van der Waals surface area contributed by atoms with Gasteiger partial charge >= 0.3 is 0 Å². The van der Waals surface area contributed by atoms with E-state index in [1.165, 1.54) is 12.1 Å². The van der Waals surface area contributed by atoms with Crippen LogP contribution in [0.25, 0.3) is 0 Å². The van der Waals surface area contributed by atoms with Crippen LogP contribution in [-0.2, 0) is 0 Å². The largest absolute Gasteiger partial charge is 0.269 e. The van der Waals surface area contributed by atoms with E-state index in [-0.39, 0.29) is 10.9 Å². The van der Waals surface area contributed by atoms with Crippen molar-refractivity contribution in [2.45, 2.75) is 25.0 Å². The van der Waals surface area contributed by atoms with Gasteiger partial charge in [0.2, 0.25) is 0 Å². The number of benzene rings is 3. The molecule has 1 N–H and O–H groups in total. The number of thioether (sulfide) groups is 1. The molecule has 0 heterocycles. The fourth-order valence-electron chi connectivity index (χ4n) is 3.00. The zero-order valence-corrected chi connectivity index (χ0v) is 20.1. The van der Waals surface area contributed by atoms with Crippen molar-refractivity contribution < 1.29 is 4.92 Å². The molecule has 3 aromatic rings. The van der Waals surface area contributed by atoms with Crippen LogP contribution in [0, 0.1) is 10.1 Å². The first-order valence-corrected chi connectivity index (χ1v) is 11.9. The van der Waals surface area contributed by atoms with Gasteiger partial charge in [-0.1, -0.05) is 66.2 Å². The number of hydrogen-bond acceptors (Lipinski definition) is 5. The Labute approximate surface area is 206 Å². The number of nitrogens with zero attached hydrogens (tertiary/aromatic N) is 3. The highest BCUT2D eigenvalue weighted by Gasteiger charge is 2.14. The minimum absolute atomic E-state index is 0.00585. The molecule has 0 aliphatic heterocycles. The van der Waals surface area contributed by atoms with E-state index < -0.39 is 4.92 Å². The molecular weight excluding hydrogens is 479 g/mol. The lowest BCUT2D eigenvalue weighted by Crippen LogP contribution is -2.16. The maximum absolute atomic E-state index is 10.8. The minimum Gasteiger partial charge on any atom is -0.264 e. The molecule has 33 heavy (non-hydrogen) atoms. The highest BCUT2D eigenvalue weighted by atomic mass is 35.5. The van der Waals surface area contributed by atoms with Gasteiger partial charge in [0.1, 0.15) is 5.84 Å². The Bertz CT molecular complexity index is 1070. The van der Waals surface area contributed by atoms with Crippen LogP contribution in [0.1, 0.15) is 36.1 Å². The fraction of sp³-hybridized carbons (Fsp3) is 0.167. The van der Waals surface area contributed by atoms with Gasteiger partial charge in [-0.2, -0.15) is 5.10 Å². The van der Waals surface area contributed by atoms with Crippen LogP contribution >= 0.6 is 35.0 Å². The number of nitrogens with one attached hydrogen (secondary N) is 1. The average Bonchev–Trinajstić information content (AvgIpc) is 2.81. The van der Waals surface area contributed by atoms with Gasteiger partial charge in [0.15, 0.2) is 0 Å². The Balaban J connectivity index is 1.73. The van der Waals surface area contributed by atoms with Gasteiger partial charge in [0.25, 0.3) is 5.69 Å². The van der Waals surface area contributed by atoms with E-state index in [9.17, 15) is 10.1 Å². The molecule has 3 aromatic carbocycles. The molecule has 0 amide bonds. The Morgan fingerprint density at radius 1 is 1.00 bits per heavy atom. The normalized spacial score (nSPS) is 11.8. The number of rotatable bonds is 9. The molecule has 0 aromatic heterocycles. The van der Waals surface area contributed by atoms with Crippen molar-refractivity contribution in [3.05, 3.63) is 104 Å². The number of hydrazone groups is 1. The lowest BCUT2D eigenvalue weighted by Gasteiger charge is -2.16. The average molecular weight is 501 g/mol. The number of nitro benzene ring substituents is 1. The van der Waals surface area contributed by atoms with E-state index in [4.69, 9.17) is 23.2 Å². The molecule has 0 aliphatic rings. The first kappa shape index (κ1) is 24.8. The second kappa shape index (κ2) is 12.4. The Hall–Kier alpha value is -2.87. The van der Waals surface area contributed by atoms with Crippen molar-refractivity contribution in [2.75, 3.05) is 0 Å². The Morgan fingerprint density at radius 2 is 1.55 bits per heavy atom. The van der Waals surface area contributed by atoms with Crippen molar-refractivity contribution in [1.29, 1.82) is 0 Å². The fourth-order valence-corrected chi connectivity index (χ4v) is 4.11. The van der Waals surface area contributed by atoms with Gasteiger partial charge in [0.05, 0.1) is 21.4 Å².